The number of H-pyrrole nitrogens is 1. The lowest BCUT2D eigenvalue weighted by Crippen LogP contribution is -2.46. The van der Waals surface area contributed by atoms with Crippen molar-refractivity contribution >= 4 is 16.9 Å². The molecule has 3 aromatic rings. The molecule has 1 aliphatic heterocycles. The van der Waals surface area contributed by atoms with E-state index in [1.807, 2.05) is 24.4 Å². The quantitative estimate of drug-likeness (QED) is 0.753. The van der Waals surface area contributed by atoms with Gasteiger partial charge in [0.25, 0.3) is 0 Å². The molecule has 2 aromatic heterocycles. The lowest BCUT2D eigenvalue weighted by Gasteiger charge is -2.33. The van der Waals surface area contributed by atoms with Gasteiger partial charge in [-0.25, -0.2) is 9.97 Å². The van der Waals surface area contributed by atoms with Crippen molar-refractivity contribution in [3.8, 4) is 16.9 Å². The molecular formula is C18H21N5O2. The predicted octanol–water partition coefficient (Wildman–Crippen LogP) is 1.80. The van der Waals surface area contributed by atoms with Gasteiger partial charge in [0.1, 0.15) is 23.5 Å². The van der Waals surface area contributed by atoms with Gasteiger partial charge in [-0.05, 0) is 17.7 Å². The van der Waals surface area contributed by atoms with Crippen molar-refractivity contribution in [1.82, 2.24) is 15.0 Å². The van der Waals surface area contributed by atoms with Crippen LogP contribution in [0.1, 0.15) is 0 Å². The molecule has 7 heteroatoms. The van der Waals surface area contributed by atoms with Crippen LogP contribution in [0, 0.1) is 0 Å². The fourth-order valence-corrected chi connectivity index (χ4v) is 3.26. The van der Waals surface area contributed by atoms with E-state index >= 15 is 0 Å². The van der Waals surface area contributed by atoms with Gasteiger partial charge in [-0.1, -0.05) is 12.1 Å². The second-order valence-electron chi connectivity index (χ2n) is 6.03. The summed E-state index contributed by atoms with van der Waals surface area (Å²) in [5.41, 5.74) is 8.72. The number of morpholine rings is 1. The fraction of sp³-hybridized carbons (Fsp3) is 0.333. The standard InChI is InChI=1S/C18H21N5O2/c1-24-13-4-2-3-12(7-13)15-9-20-17-16(15)18(22-11-21-17)23-5-6-25-14(8-19)10-23/h2-4,7,9,11,14H,5-6,8,10,19H2,1H3,(H,20,21,22). The molecule has 25 heavy (non-hydrogen) atoms. The molecule has 1 aliphatic rings. The molecule has 0 spiro atoms. The minimum atomic E-state index is 0.0259. The molecule has 1 atom stereocenters. The van der Waals surface area contributed by atoms with Crippen molar-refractivity contribution in [3.05, 3.63) is 36.8 Å². The maximum Gasteiger partial charge on any atom is 0.143 e. The normalized spacial score (nSPS) is 17.8. The van der Waals surface area contributed by atoms with Crippen LogP contribution in [-0.2, 0) is 4.74 Å². The van der Waals surface area contributed by atoms with Crippen LogP contribution in [0.15, 0.2) is 36.8 Å². The van der Waals surface area contributed by atoms with Crippen LogP contribution in [0.3, 0.4) is 0 Å². The Morgan fingerprint density at radius 2 is 2.32 bits per heavy atom. The molecule has 3 N–H and O–H groups in total. The predicted molar refractivity (Wildman–Crippen MR) is 96.9 cm³/mol. The van der Waals surface area contributed by atoms with Gasteiger partial charge in [-0.3, -0.25) is 0 Å². The summed E-state index contributed by atoms with van der Waals surface area (Å²) in [6, 6.07) is 7.99. The molecule has 4 rings (SSSR count). The van der Waals surface area contributed by atoms with Crippen molar-refractivity contribution in [2.75, 3.05) is 38.3 Å². The second kappa shape index (κ2) is 6.70. The van der Waals surface area contributed by atoms with Crippen molar-refractivity contribution in [3.63, 3.8) is 0 Å². The number of hydrogen-bond donors (Lipinski definition) is 2. The fourth-order valence-electron chi connectivity index (χ4n) is 3.26. The van der Waals surface area contributed by atoms with Crippen LogP contribution in [-0.4, -0.2) is 54.4 Å². The molecular weight excluding hydrogens is 318 g/mol. The second-order valence-corrected chi connectivity index (χ2v) is 6.03. The summed E-state index contributed by atoms with van der Waals surface area (Å²) in [7, 11) is 1.67. The number of nitrogens with one attached hydrogen (secondary N) is 1. The molecule has 1 saturated heterocycles. The van der Waals surface area contributed by atoms with Gasteiger partial charge in [-0.2, -0.15) is 0 Å². The summed E-state index contributed by atoms with van der Waals surface area (Å²) in [6.07, 6.45) is 3.59. The Hall–Kier alpha value is -2.64. The minimum Gasteiger partial charge on any atom is -0.497 e. The van der Waals surface area contributed by atoms with Crippen molar-refractivity contribution in [1.29, 1.82) is 0 Å². The highest BCUT2D eigenvalue weighted by Crippen LogP contribution is 2.35. The number of ether oxygens (including phenoxy) is 2. The first kappa shape index (κ1) is 15.9. The SMILES string of the molecule is COc1cccc(-c2c[nH]c3ncnc(N4CCOC(CN)C4)c23)c1. The topological polar surface area (TPSA) is 89.3 Å². The number of benzene rings is 1. The molecule has 7 nitrogen and oxygen atoms in total. The van der Waals surface area contributed by atoms with Gasteiger partial charge in [0.2, 0.25) is 0 Å². The van der Waals surface area contributed by atoms with Gasteiger partial charge < -0.3 is 25.1 Å². The summed E-state index contributed by atoms with van der Waals surface area (Å²) < 4.78 is 11.0. The Morgan fingerprint density at radius 1 is 1.40 bits per heavy atom. The summed E-state index contributed by atoms with van der Waals surface area (Å²) >= 11 is 0. The van der Waals surface area contributed by atoms with E-state index in [-0.39, 0.29) is 6.10 Å². The first-order valence-corrected chi connectivity index (χ1v) is 8.33. The van der Waals surface area contributed by atoms with E-state index in [1.54, 1.807) is 13.4 Å². The van der Waals surface area contributed by atoms with Crippen LogP contribution in [0.5, 0.6) is 5.75 Å². The molecule has 1 unspecified atom stereocenters. The third-order valence-corrected chi connectivity index (χ3v) is 4.53. The molecule has 0 bridgehead atoms. The van der Waals surface area contributed by atoms with E-state index in [1.165, 1.54) is 0 Å². The zero-order valence-electron chi connectivity index (χ0n) is 14.1. The van der Waals surface area contributed by atoms with E-state index in [2.05, 4.69) is 25.9 Å². The van der Waals surface area contributed by atoms with E-state index < -0.39 is 0 Å². The molecule has 1 aromatic carbocycles. The average molecular weight is 339 g/mol. The minimum absolute atomic E-state index is 0.0259. The first-order chi connectivity index (χ1) is 12.3. The number of aromatic amines is 1. The van der Waals surface area contributed by atoms with Crippen molar-refractivity contribution in [2.24, 2.45) is 5.73 Å². The molecule has 0 amide bonds. The van der Waals surface area contributed by atoms with E-state index in [0.717, 1.165) is 46.8 Å². The van der Waals surface area contributed by atoms with Crippen LogP contribution in [0.4, 0.5) is 5.82 Å². The Labute approximate surface area is 145 Å². The lowest BCUT2D eigenvalue weighted by atomic mass is 10.1. The van der Waals surface area contributed by atoms with Gasteiger partial charge in [-0.15, -0.1) is 0 Å². The number of nitrogens with two attached hydrogens (primary N) is 1. The molecule has 1 fully saturated rings. The number of fused-ring (bicyclic) bond motifs is 1. The third kappa shape index (κ3) is 2.92. The Bertz CT molecular complexity index is 879. The summed E-state index contributed by atoms with van der Waals surface area (Å²) in [6.45, 7) is 2.66. The van der Waals surface area contributed by atoms with Crippen LogP contribution >= 0.6 is 0 Å². The average Bonchev–Trinajstić information content (AvgIpc) is 3.12. The Kier molecular flexibility index (Phi) is 4.25. The van der Waals surface area contributed by atoms with Crippen LogP contribution in [0.2, 0.25) is 0 Å². The number of nitrogens with zero attached hydrogens (tertiary/aromatic N) is 3. The highest BCUT2D eigenvalue weighted by atomic mass is 16.5. The highest BCUT2D eigenvalue weighted by Gasteiger charge is 2.24. The third-order valence-electron chi connectivity index (χ3n) is 4.53. The Morgan fingerprint density at radius 3 is 3.16 bits per heavy atom. The van der Waals surface area contributed by atoms with Gasteiger partial charge in [0, 0.05) is 31.4 Å². The summed E-state index contributed by atoms with van der Waals surface area (Å²) in [5, 5.41) is 1.01. The largest absolute Gasteiger partial charge is 0.497 e. The zero-order chi connectivity index (χ0) is 17.2. The van der Waals surface area contributed by atoms with Crippen LogP contribution < -0.4 is 15.4 Å². The van der Waals surface area contributed by atoms with Crippen molar-refractivity contribution < 1.29 is 9.47 Å². The maximum absolute atomic E-state index is 5.78. The molecule has 0 aliphatic carbocycles. The molecule has 3 heterocycles. The van der Waals surface area contributed by atoms with Gasteiger partial charge >= 0.3 is 0 Å². The van der Waals surface area contributed by atoms with E-state index in [9.17, 15) is 0 Å². The number of methoxy groups -OCH3 is 1. The van der Waals surface area contributed by atoms with E-state index in [0.29, 0.717) is 13.2 Å². The number of hydrogen-bond acceptors (Lipinski definition) is 6. The number of aromatic nitrogens is 3. The van der Waals surface area contributed by atoms with Gasteiger partial charge in [0.15, 0.2) is 0 Å². The monoisotopic (exact) mass is 339 g/mol. The molecule has 0 radical (unpaired) electrons. The summed E-state index contributed by atoms with van der Waals surface area (Å²) in [4.78, 5) is 14.4. The molecule has 130 valence electrons. The zero-order valence-corrected chi connectivity index (χ0v) is 14.1. The number of anilines is 1. The smallest absolute Gasteiger partial charge is 0.143 e. The first-order valence-electron chi connectivity index (χ1n) is 8.33. The number of rotatable bonds is 4. The van der Waals surface area contributed by atoms with Crippen molar-refractivity contribution in [2.45, 2.75) is 6.10 Å². The van der Waals surface area contributed by atoms with Crippen LogP contribution in [0.25, 0.3) is 22.2 Å². The van der Waals surface area contributed by atoms with Gasteiger partial charge in [0.05, 0.1) is 25.2 Å². The lowest BCUT2D eigenvalue weighted by molar-refractivity contribution is 0.0464. The summed E-state index contributed by atoms with van der Waals surface area (Å²) in [5.74, 6) is 1.73. The highest BCUT2D eigenvalue weighted by molar-refractivity contribution is 6.01. The Balaban J connectivity index is 1.81. The van der Waals surface area contributed by atoms with E-state index in [4.69, 9.17) is 15.2 Å². The molecule has 0 saturated carbocycles. The maximum atomic E-state index is 5.78.